The van der Waals surface area contributed by atoms with Gasteiger partial charge in [0, 0.05) is 5.56 Å². The van der Waals surface area contributed by atoms with Crippen molar-refractivity contribution < 1.29 is 92.5 Å². The van der Waals surface area contributed by atoms with Crippen LogP contribution in [0, 0.1) is 20.8 Å². The first-order valence-corrected chi connectivity index (χ1v) is 23.3. The smallest absolute Gasteiger partial charge is 0.416 e. The van der Waals surface area contributed by atoms with Crippen molar-refractivity contribution in [3.8, 4) is 34.5 Å². The number of aliphatic hydroxyl groups excluding tert-OH is 2. The number of rotatable bonds is 17. The maximum absolute atomic E-state index is 13.0. The predicted octanol–water partition coefficient (Wildman–Crippen LogP) is 13.8. The molecule has 420 valence electrons. The molecule has 6 aromatic rings. The molecular weight excluding hydrogens is 1060 g/mol. The molecular formula is C59H55F9O11. The van der Waals surface area contributed by atoms with Crippen LogP contribution >= 0.6 is 0 Å². The zero-order valence-electron chi connectivity index (χ0n) is 44.1. The molecule has 0 aromatic heterocycles. The van der Waals surface area contributed by atoms with Crippen LogP contribution in [-0.2, 0) is 31.7 Å². The maximum Gasteiger partial charge on any atom is 0.416 e. The fraction of sp³-hybridized carbons (Fsp3) is 0.237. The van der Waals surface area contributed by atoms with Crippen LogP contribution in [0.3, 0.4) is 0 Å². The van der Waals surface area contributed by atoms with Crippen LogP contribution < -0.4 is 28.4 Å². The lowest BCUT2D eigenvalue weighted by atomic mass is 10.0. The van der Waals surface area contributed by atoms with Gasteiger partial charge in [-0.3, -0.25) is 14.4 Å². The number of ketones is 3. The second-order valence-corrected chi connectivity index (χ2v) is 16.9. The quantitative estimate of drug-likeness (QED) is 0.0511. The first-order valence-electron chi connectivity index (χ1n) is 23.3. The van der Waals surface area contributed by atoms with Crippen LogP contribution in [0.5, 0.6) is 34.5 Å². The van der Waals surface area contributed by atoms with E-state index >= 15 is 0 Å². The van der Waals surface area contributed by atoms with Crippen molar-refractivity contribution in [2.24, 2.45) is 0 Å². The molecule has 6 rings (SSSR count). The fourth-order valence-electron chi connectivity index (χ4n) is 7.66. The average molecular weight is 1110 g/mol. The summed E-state index contributed by atoms with van der Waals surface area (Å²) in [5, 5.41) is 18.6. The van der Waals surface area contributed by atoms with Gasteiger partial charge in [-0.05, 0) is 126 Å². The third-order valence-corrected chi connectivity index (χ3v) is 11.7. The van der Waals surface area contributed by atoms with E-state index in [9.17, 15) is 64.1 Å². The summed E-state index contributed by atoms with van der Waals surface area (Å²) >= 11 is 0. The molecule has 11 nitrogen and oxygen atoms in total. The molecule has 6 aromatic carbocycles. The Morgan fingerprint density at radius 3 is 1.10 bits per heavy atom. The van der Waals surface area contributed by atoms with Gasteiger partial charge in [0.15, 0.2) is 28.8 Å². The lowest BCUT2D eigenvalue weighted by Gasteiger charge is -2.14. The van der Waals surface area contributed by atoms with Gasteiger partial charge in [-0.15, -0.1) is 0 Å². The number of allylic oxidation sites excluding steroid dienone is 3. The molecule has 79 heavy (non-hydrogen) atoms. The summed E-state index contributed by atoms with van der Waals surface area (Å²) < 4.78 is 148. The highest BCUT2D eigenvalue weighted by Crippen LogP contribution is 2.38. The van der Waals surface area contributed by atoms with Gasteiger partial charge < -0.3 is 38.6 Å². The molecule has 0 bridgehead atoms. The van der Waals surface area contributed by atoms with Crippen LogP contribution in [0.1, 0.15) is 92.3 Å². The fourth-order valence-corrected chi connectivity index (χ4v) is 7.66. The van der Waals surface area contributed by atoms with E-state index in [4.69, 9.17) is 28.4 Å². The first kappa shape index (κ1) is 63.2. The SMILES string of the molecule is COc1c(CO)ccc(C(=O)/C=C/c2ccc(C)c(C(F)(F)F)c2)c1OC.COc1cc(CO)cc(OC)c1C(=O)/C=C/c1ccc(C)c(C(F)(F)F)c1.COc1cccc(OC)c1C(=O)/C=C/c1ccc(C)c(C(F)(F)F)c1. The van der Waals surface area contributed by atoms with Gasteiger partial charge in [0.1, 0.15) is 34.1 Å². The van der Waals surface area contributed by atoms with Crippen molar-refractivity contribution in [2.75, 3.05) is 42.7 Å². The number of hydrogen-bond donors (Lipinski definition) is 2. The van der Waals surface area contributed by atoms with Crippen molar-refractivity contribution in [1.29, 1.82) is 0 Å². The van der Waals surface area contributed by atoms with Crippen molar-refractivity contribution in [1.82, 2.24) is 0 Å². The molecule has 0 unspecified atom stereocenters. The molecule has 0 radical (unpaired) electrons. The molecule has 0 aliphatic heterocycles. The number of carbonyl (C=O) groups is 3. The van der Waals surface area contributed by atoms with Gasteiger partial charge in [0.2, 0.25) is 0 Å². The Balaban J connectivity index is 0.000000256. The van der Waals surface area contributed by atoms with E-state index in [1.807, 2.05) is 0 Å². The first-order chi connectivity index (χ1) is 37.2. The van der Waals surface area contributed by atoms with Crippen molar-refractivity contribution in [2.45, 2.75) is 52.5 Å². The largest absolute Gasteiger partial charge is 0.496 e. The summed E-state index contributed by atoms with van der Waals surface area (Å²) in [5.41, 5.74) is 0.342. The Bertz CT molecular complexity index is 3180. The molecule has 0 spiro atoms. The molecule has 0 aliphatic carbocycles. The molecule has 0 aliphatic rings. The number of ether oxygens (including phenoxy) is 6. The average Bonchev–Trinajstić information content (AvgIpc) is 3.42. The van der Waals surface area contributed by atoms with Gasteiger partial charge in [0.25, 0.3) is 0 Å². The Labute approximate surface area is 449 Å². The normalized spacial score (nSPS) is 11.6. The molecule has 0 amide bonds. The van der Waals surface area contributed by atoms with E-state index in [2.05, 4.69) is 0 Å². The minimum Gasteiger partial charge on any atom is -0.496 e. The highest BCUT2D eigenvalue weighted by atomic mass is 19.4. The Kier molecular flexibility index (Phi) is 22.2. The maximum atomic E-state index is 13.0. The number of aliphatic hydroxyl groups is 2. The van der Waals surface area contributed by atoms with Crippen LogP contribution in [0.15, 0.2) is 115 Å². The van der Waals surface area contributed by atoms with Crippen molar-refractivity contribution >= 4 is 35.6 Å². The van der Waals surface area contributed by atoms with E-state index in [1.165, 1.54) is 154 Å². The minimum absolute atomic E-state index is 0.105. The number of hydrogen-bond acceptors (Lipinski definition) is 11. The monoisotopic (exact) mass is 1110 g/mol. The number of benzene rings is 6. The third kappa shape index (κ3) is 16.6. The van der Waals surface area contributed by atoms with E-state index < -0.39 is 52.6 Å². The van der Waals surface area contributed by atoms with Gasteiger partial charge >= 0.3 is 18.5 Å². The van der Waals surface area contributed by atoms with Crippen molar-refractivity contribution in [3.05, 3.63) is 193 Å². The summed E-state index contributed by atoms with van der Waals surface area (Å²) in [6.07, 6.45) is -5.90. The molecule has 2 N–H and O–H groups in total. The van der Waals surface area contributed by atoms with Crippen molar-refractivity contribution in [3.63, 3.8) is 0 Å². The van der Waals surface area contributed by atoms with E-state index in [-0.39, 0.29) is 86.3 Å². The third-order valence-electron chi connectivity index (χ3n) is 11.7. The number of methoxy groups -OCH3 is 6. The summed E-state index contributed by atoms with van der Waals surface area (Å²) in [6, 6.07) is 22.5. The summed E-state index contributed by atoms with van der Waals surface area (Å²) in [6.45, 7) is 3.58. The lowest BCUT2D eigenvalue weighted by molar-refractivity contribution is -0.138. The molecule has 0 heterocycles. The Morgan fingerprint density at radius 2 is 0.785 bits per heavy atom. The molecule has 0 saturated heterocycles. The molecule has 0 saturated carbocycles. The Hall–Kier alpha value is -8.36. The zero-order valence-corrected chi connectivity index (χ0v) is 44.1. The van der Waals surface area contributed by atoms with E-state index in [0.29, 0.717) is 22.6 Å². The van der Waals surface area contributed by atoms with Gasteiger partial charge in [-0.25, -0.2) is 0 Å². The summed E-state index contributed by atoms with van der Waals surface area (Å²) in [4.78, 5) is 37.6. The minimum atomic E-state index is -4.47. The standard InChI is InChI=1S/2C20H19F3O4.C19H17F3O3/c1-12-4-5-13(10-16(12)20(21,22)23)6-9-17(25)15-8-7-14(11-24)18(26-2)19(15)27-3;1-12-4-5-13(8-15(12)20(21,22)23)6-7-16(25)19-17(26-2)9-14(11-24)10-18(19)27-3;1-12-7-8-13(11-14(12)19(20,21)22)9-10-15(23)18-16(24-2)5-4-6-17(18)25-3/h2*4-10,24H,11H2,1-3H3;4-11H,1-3H3/b9-6+;7-6+;10-9+. The van der Waals surface area contributed by atoms with E-state index in [1.54, 1.807) is 18.2 Å². The molecule has 0 fully saturated rings. The second-order valence-electron chi connectivity index (χ2n) is 16.9. The Morgan fingerprint density at radius 1 is 0.430 bits per heavy atom. The molecule has 0 atom stereocenters. The zero-order chi connectivity index (χ0) is 59.0. The lowest BCUT2D eigenvalue weighted by Crippen LogP contribution is -2.07. The van der Waals surface area contributed by atoms with Crippen LogP contribution in [0.25, 0.3) is 18.2 Å². The van der Waals surface area contributed by atoms with Crippen LogP contribution in [-0.4, -0.2) is 70.2 Å². The number of aryl methyl sites for hydroxylation is 3. The highest BCUT2D eigenvalue weighted by Gasteiger charge is 2.34. The summed E-state index contributed by atoms with van der Waals surface area (Å²) in [7, 11) is 8.31. The number of alkyl halides is 9. The topological polar surface area (TPSA) is 147 Å². The highest BCUT2D eigenvalue weighted by molar-refractivity contribution is 6.11. The van der Waals surface area contributed by atoms with Gasteiger partial charge in [-0.1, -0.05) is 66.8 Å². The summed E-state index contributed by atoms with van der Waals surface area (Å²) in [5.74, 6) is 0.0470. The number of halogens is 9. The van der Waals surface area contributed by atoms with Gasteiger partial charge in [-0.2, -0.15) is 39.5 Å². The predicted molar refractivity (Wildman–Crippen MR) is 279 cm³/mol. The van der Waals surface area contributed by atoms with E-state index in [0.717, 1.165) is 24.3 Å². The molecule has 20 heteroatoms. The second kappa shape index (κ2) is 27.8. The van der Waals surface area contributed by atoms with Crippen LogP contribution in [0.2, 0.25) is 0 Å². The van der Waals surface area contributed by atoms with Gasteiger partial charge in [0.05, 0.1) is 78.1 Å². The van der Waals surface area contributed by atoms with Crippen LogP contribution in [0.4, 0.5) is 39.5 Å². The number of carbonyl (C=O) groups excluding carboxylic acids is 3.